The van der Waals surface area contributed by atoms with Crippen LogP contribution in [0.15, 0.2) is 64.2 Å². The van der Waals surface area contributed by atoms with E-state index in [2.05, 4.69) is 69.3 Å². The zero-order valence-electron chi connectivity index (χ0n) is 22.1. The Bertz CT molecular complexity index is 1270. The van der Waals surface area contributed by atoms with Crippen LogP contribution in [0, 0.1) is 5.92 Å². The van der Waals surface area contributed by atoms with Gasteiger partial charge in [-0.1, -0.05) is 51.4 Å². The second kappa shape index (κ2) is 11.0. The second-order valence-electron chi connectivity index (χ2n) is 10.6. The topological polar surface area (TPSA) is 50.1 Å². The fraction of sp³-hybridized carbons (Fsp3) is 0.467. The monoisotopic (exact) mass is 564 g/mol. The molecular formula is C30H37BrN4O2. The number of fused-ring (bicyclic) bond motifs is 1. The Labute approximate surface area is 228 Å². The van der Waals surface area contributed by atoms with Gasteiger partial charge in [-0.3, -0.25) is 9.69 Å². The van der Waals surface area contributed by atoms with Gasteiger partial charge in [-0.25, -0.2) is 0 Å². The van der Waals surface area contributed by atoms with Crippen molar-refractivity contribution < 1.29 is 9.63 Å². The number of oxime groups is 1. The molecule has 0 spiro atoms. The molecule has 0 unspecified atom stereocenters. The van der Waals surface area contributed by atoms with Gasteiger partial charge in [0.25, 0.3) is 5.91 Å². The van der Waals surface area contributed by atoms with Crippen molar-refractivity contribution in [2.75, 3.05) is 32.8 Å². The van der Waals surface area contributed by atoms with Crippen molar-refractivity contribution in [2.45, 2.75) is 45.1 Å². The molecule has 37 heavy (non-hydrogen) atoms. The molecule has 2 aliphatic heterocycles. The molecule has 3 aromatic rings. The first-order valence-electron chi connectivity index (χ1n) is 13.4. The summed E-state index contributed by atoms with van der Waals surface area (Å²) in [7, 11) is 1.99. The number of nitrogens with zero attached hydrogens (tertiary/aromatic N) is 4. The second-order valence-corrected chi connectivity index (χ2v) is 11.5. The number of carbonyl (C=O) groups excluding carboxylic acids is 1. The van der Waals surface area contributed by atoms with E-state index in [1.807, 2.05) is 41.6 Å². The smallest absolute Gasteiger partial charge is 0.270 e. The summed E-state index contributed by atoms with van der Waals surface area (Å²) >= 11 is 3.54. The molecule has 7 heteroatoms. The highest BCUT2D eigenvalue weighted by atomic mass is 79.9. The lowest BCUT2D eigenvalue weighted by Gasteiger charge is -2.49. The number of piperidine rings is 2. The number of para-hydroxylation sites is 1. The zero-order valence-corrected chi connectivity index (χ0v) is 23.7. The standard InChI is InChI=1S/C30H37BrN4O2/c1-4-37-32-28(22-9-11-25(31)12-10-22)23-13-17-35(18-14-23)30(2)15-19-34(20-16-30)29(36)27-21-24-7-5-6-8-26(24)33(27)3/h5-12,21,23H,4,13-20H2,1-3H3/b32-28-. The Balaban J connectivity index is 1.21. The highest BCUT2D eigenvalue weighted by Gasteiger charge is 2.39. The quantitative estimate of drug-likeness (QED) is 0.269. The van der Waals surface area contributed by atoms with Gasteiger partial charge in [-0.2, -0.15) is 0 Å². The number of carbonyl (C=O) groups is 1. The van der Waals surface area contributed by atoms with Crippen LogP contribution >= 0.6 is 15.9 Å². The lowest BCUT2D eigenvalue weighted by molar-refractivity contribution is 0.0158. The van der Waals surface area contributed by atoms with Gasteiger partial charge in [-0.05, 0) is 82.4 Å². The minimum Gasteiger partial charge on any atom is -0.396 e. The number of amides is 1. The van der Waals surface area contributed by atoms with Gasteiger partial charge in [0.2, 0.25) is 0 Å². The average Bonchev–Trinajstić information content (AvgIpc) is 3.26. The summed E-state index contributed by atoms with van der Waals surface area (Å²) in [5.74, 6) is 0.534. The molecule has 0 radical (unpaired) electrons. The van der Waals surface area contributed by atoms with Crippen molar-refractivity contribution in [1.82, 2.24) is 14.4 Å². The molecule has 2 fully saturated rings. The molecule has 0 bridgehead atoms. The maximum Gasteiger partial charge on any atom is 0.270 e. The van der Waals surface area contributed by atoms with E-state index < -0.39 is 0 Å². The Hall–Kier alpha value is -2.64. The van der Waals surface area contributed by atoms with Crippen LogP contribution in [-0.4, -0.2) is 64.3 Å². The van der Waals surface area contributed by atoms with Gasteiger partial charge >= 0.3 is 0 Å². The average molecular weight is 566 g/mol. The number of aryl methyl sites for hydroxylation is 1. The number of aromatic nitrogens is 1. The Morgan fingerprint density at radius 2 is 1.73 bits per heavy atom. The molecule has 196 valence electrons. The summed E-state index contributed by atoms with van der Waals surface area (Å²) in [5.41, 5.74) is 4.21. The van der Waals surface area contributed by atoms with Crippen molar-refractivity contribution in [3.63, 3.8) is 0 Å². The first-order chi connectivity index (χ1) is 17.9. The van der Waals surface area contributed by atoms with Crippen LogP contribution in [0.3, 0.4) is 0 Å². The summed E-state index contributed by atoms with van der Waals surface area (Å²) in [5, 5.41) is 5.66. The van der Waals surface area contributed by atoms with E-state index >= 15 is 0 Å². The molecule has 2 aliphatic rings. The lowest BCUT2D eigenvalue weighted by Crippen LogP contribution is -2.56. The van der Waals surface area contributed by atoms with Gasteiger partial charge in [0.15, 0.2) is 0 Å². The fourth-order valence-electron chi connectivity index (χ4n) is 5.97. The third-order valence-corrected chi connectivity index (χ3v) is 8.90. The Kier molecular flexibility index (Phi) is 7.72. The van der Waals surface area contributed by atoms with Gasteiger partial charge in [0.05, 0.1) is 5.71 Å². The molecular weight excluding hydrogens is 528 g/mol. The van der Waals surface area contributed by atoms with Crippen molar-refractivity contribution in [3.05, 3.63) is 70.3 Å². The van der Waals surface area contributed by atoms with Gasteiger partial charge < -0.3 is 14.3 Å². The van der Waals surface area contributed by atoms with Crippen molar-refractivity contribution >= 4 is 38.5 Å². The minimum atomic E-state index is 0.121. The van der Waals surface area contributed by atoms with Crippen molar-refractivity contribution in [2.24, 2.45) is 18.1 Å². The minimum absolute atomic E-state index is 0.121. The van der Waals surface area contributed by atoms with Crippen LogP contribution < -0.4 is 0 Å². The van der Waals surface area contributed by atoms with Crippen LogP contribution in [0.4, 0.5) is 0 Å². The summed E-state index contributed by atoms with van der Waals surface area (Å²) < 4.78 is 3.10. The van der Waals surface area contributed by atoms with Gasteiger partial charge in [0.1, 0.15) is 12.3 Å². The van der Waals surface area contributed by atoms with Gasteiger partial charge in [-0.15, -0.1) is 0 Å². The van der Waals surface area contributed by atoms with Crippen LogP contribution in [0.25, 0.3) is 10.9 Å². The number of halogens is 1. The van der Waals surface area contributed by atoms with E-state index in [1.165, 1.54) is 0 Å². The number of hydrogen-bond acceptors (Lipinski definition) is 4. The first kappa shape index (κ1) is 26.0. The van der Waals surface area contributed by atoms with Crippen LogP contribution in [0.2, 0.25) is 0 Å². The third kappa shape index (κ3) is 5.34. The zero-order chi connectivity index (χ0) is 26.0. The number of rotatable bonds is 6. The van der Waals surface area contributed by atoms with E-state index in [-0.39, 0.29) is 11.4 Å². The lowest BCUT2D eigenvalue weighted by atomic mass is 9.82. The summed E-state index contributed by atoms with van der Waals surface area (Å²) in [4.78, 5) is 23.6. The molecule has 1 amide bonds. The molecule has 0 saturated carbocycles. The SMILES string of the molecule is CCO/N=C(/c1ccc(Br)cc1)C1CCN(C2(C)CCN(C(=O)c3cc4ccccc4n3C)CC2)CC1. The van der Waals surface area contributed by atoms with Crippen LogP contribution in [0.1, 0.15) is 55.6 Å². The maximum absolute atomic E-state index is 13.4. The highest BCUT2D eigenvalue weighted by molar-refractivity contribution is 9.10. The van der Waals surface area contributed by atoms with E-state index in [9.17, 15) is 4.79 Å². The number of likely N-dealkylation sites (tertiary alicyclic amines) is 2. The van der Waals surface area contributed by atoms with Crippen molar-refractivity contribution in [3.8, 4) is 0 Å². The Morgan fingerprint density at radius 3 is 2.38 bits per heavy atom. The normalized spacial score (nSPS) is 19.4. The predicted octanol–water partition coefficient (Wildman–Crippen LogP) is 6.09. The largest absolute Gasteiger partial charge is 0.396 e. The molecule has 0 N–H and O–H groups in total. The molecule has 1 aromatic heterocycles. The molecule has 2 aromatic carbocycles. The first-order valence-corrected chi connectivity index (χ1v) is 14.2. The maximum atomic E-state index is 13.4. The molecule has 0 aliphatic carbocycles. The van der Waals surface area contributed by atoms with Crippen molar-refractivity contribution in [1.29, 1.82) is 0 Å². The fourth-order valence-corrected chi connectivity index (χ4v) is 6.24. The molecule has 2 saturated heterocycles. The van der Waals surface area contributed by atoms with E-state index in [4.69, 9.17) is 4.84 Å². The summed E-state index contributed by atoms with van der Waals surface area (Å²) in [6.45, 7) is 8.61. The van der Waals surface area contributed by atoms with E-state index in [1.54, 1.807) is 0 Å². The molecule has 6 nitrogen and oxygen atoms in total. The van der Waals surface area contributed by atoms with Gasteiger partial charge in [0, 0.05) is 47.0 Å². The molecule has 3 heterocycles. The predicted molar refractivity (Wildman–Crippen MR) is 153 cm³/mol. The Morgan fingerprint density at radius 1 is 1.05 bits per heavy atom. The third-order valence-electron chi connectivity index (χ3n) is 8.38. The summed E-state index contributed by atoms with van der Waals surface area (Å²) in [6, 6.07) is 18.6. The van der Waals surface area contributed by atoms with Crippen LogP contribution in [-0.2, 0) is 11.9 Å². The van der Waals surface area contributed by atoms with E-state index in [0.29, 0.717) is 12.5 Å². The van der Waals surface area contributed by atoms with E-state index in [0.717, 1.165) is 84.2 Å². The number of benzene rings is 2. The van der Waals surface area contributed by atoms with Crippen LogP contribution in [0.5, 0.6) is 0 Å². The highest BCUT2D eigenvalue weighted by Crippen LogP contribution is 2.34. The molecule has 5 rings (SSSR count). The number of hydrogen-bond donors (Lipinski definition) is 0. The molecule has 0 atom stereocenters. The summed E-state index contributed by atoms with van der Waals surface area (Å²) in [6.07, 6.45) is 4.13.